The zero-order valence-corrected chi connectivity index (χ0v) is 18.4. The third-order valence-electron chi connectivity index (χ3n) is 6.68. The number of likely N-dealkylation sites (tertiary alicyclic amines) is 1. The molecule has 2 aliphatic rings. The molecule has 0 aromatic carbocycles. The number of rotatable bonds is 6. The second kappa shape index (κ2) is 10.2. The van der Waals surface area contributed by atoms with Crippen molar-refractivity contribution in [2.45, 2.75) is 57.5 Å². The Labute approximate surface area is 184 Å². The molecule has 0 spiro atoms. The molecule has 2 aromatic heterocycles. The molecule has 1 aliphatic heterocycles. The van der Waals surface area contributed by atoms with E-state index in [-0.39, 0.29) is 11.5 Å². The highest BCUT2D eigenvalue weighted by Crippen LogP contribution is 2.28. The molecule has 31 heavy (non-hydrogen) atoms. The monoisotopic (exact) mass is 423 g/mol. The third kappa shape index (κ3) is 5.58. The van der Waals surface area contributed by atoms with Crippen molar-refractivity contribution in [1.29, 1.82) is 0 Å². The number of aryl methyl sites for hydroxylation is 1. The summed E-state index contributed by atoms with van der Waals surface area (Å²) >= 11 is 0. The Bertz CT molecular complexity index is 923. The summed E-state index contributed by atoms with van der Waals surface area (Å²) in [6, 6.07) is 7.55. The predicted octanol–water partition coefficient (Wildman–Crippen LogP) is 2.86. The lowest BCUT2D eigenvalue weighted by Crippen LogP contribution is -2.47. The highest BCUT2D eigenvalue weighted by atomic mass is 16.2. The van der Waals surface area contributed by atoms with Crippen LogP contribution >= 0.6 is 0 Å². The Balaban J connectivity index is 1.50. The molecule has 1 saturated carbocycles. The first-order valence-corrected chi connectivity index (χ1v) is 11.6. The molecule has 1 saturated heterocycles. The van der Waals surface area contributed by atoms with Gasteiger partial charge in [-0.3, -0.25) is 14.6 Å². The van der Waals surface area contributed by atoms with Crippen molar-refractivity contribution in [1.82, 2.24) is 24.6 Å². The van der Waals surface area contributed by atoms with Gasteiger partial charge in [-0.25, -0.2) is 4.68 Å². The van der Waals surface area contributed by atoms with Crippen molar-refractivity contribution in [3.8, 4) is 0 Å². The summed E-state index contributed by atoms with van der Waals surface area (Å²) in [5.41, 5.74) is 1.09. The average Bonchev–Trinajstić information content (AvgIpc) is 2.81. The van der Waals surface area contributed by atoms with E-state index in [1.165, 1.54) is 61.9 Å². The minimum absolute atomic E-state index is 0.130. The van der Waals surface area contributed by atoms with Gasteiger partial charge in [0.05, 0.1) is 0 Å². The molecule has 1 atom stereocenters. The van der Waals surface area contributed by atoms with Crippen molar-refractivity contribution in [2.75, 3.05) is 19.6 Å². The predicted molar refractivity (Wildman–Crippen MR) is 120 cm³/mol. The summed E-state index contributed by atoms with van der Waals surface area (Å²) in [4.78, 5) is 33.9. The van der Waals surface area contributed by atoms with Gasteiger partial charge < -0.3 is 9.80 Å². The SMILES string of the molecule is Cn1nc(C(=O)N(Cc2cccnc2)CC2CCCN(C3CCCCC3)C2)ccc1=O. The normalized spacial score (nSPS) is 20.5. The van der Waals surface area contributed by atoms with Gasteiger partial charge in [-0.15, -0.1) is 0 Å². The molecule has 2 fully saturated rings. The molecule has 0 N–H and O–H groups in total. The molecule has 3 heterocycles. The van der Waals surface area contributed by atoms with Gasteiger partial charge in [0, 0.05) is 51.2 Å². The standard InChI is InChI=1S/C24H33N5O2/c1-27-23(30)12-11-22(26-27)24(31)29(16-19-7-5-13-25-15-19)18-20-8-6-14-28(17-20)21-9-3-2-4-10-21/h5,7,11-13,15,20-21H,2-4,6,8-10,14,16-18H2,1H3. The van der Waals surface area contributed by atoms with E-state index in [4.69, 9.17) is 0 Å². The summed E-state index contributed by atoms with van der Waals surface area (Å²) in [5.74, 6) is 0.318. The number of aromatic nitrogens is 3. The summed E-state index contributed by atoms with van der Waals surface area (Å²) in [6.07, 6.45) is 12.6. The van der Waals surface area contributed by atoms with E-state index in [0.717, 1.165) is 18.5 Å². The lowest BCUT2D eigenvalue weighted by atomic mass is 9.90. The van der Waals surface area contributed by atoms with Crippen molar-refractivity contribution >= 4 is 5.91 Å². The number of carbonyl (C=O) groups is 1. The van der Waals surface area contributed by atoms with Crippen LogP contribution in [0, 0.1) is 5.92 Å². The van der Waals surface area contributed by atoms with E-state index >= 15 is 0 Å². The molecule has 4 rings (SSSR count). The Morgan fingerprint density at radius 2 is 1.97 bits per heavy atom. The van der Waals surface area contributed by atoms with E-state index in [9.17, 15) is 9.59 Å². The van der Waals surface area contributed by atoms with E-state index in [1.54, 1.807) is 13.2 Å². The number of piperidine rings is 1. The van der Waals surface area contributed by atoms with Crippen LogP contribution < -0.4 is 5.56 Å². The molecule has 7 heteroatoms. The molecule has 1 unspecified atom stereocenters. The average molecular weight is 424 g/mol. The second-order valence-corrected chi connectivity index (χ2v) is 9.02. The molecule has 7 nitrogen and oxygen atoms in total. The molecule has 0 bridgehead atoms. The molecule has 1 amide bonds. The Morgan fingerprint density at radius 1 is 1.13 bits per heavy atom. The number of pyridine rings is 1. The van der Waals surface area contributed by atoms with Gasteiger partial charge >= 0.3 is 0 Å². The van der Waals surface area contributed by atoms with Crippen LogP contribution in [0.1, 0.15) is 61.0 Å². The van der Waals surface area contributed by atoms with Crippen molar-refractivity contribution < 1.29 is 4.79 Å². The van der Waals surface area contributed by atoms with Crippen LogP contribution in [-0.4, -0.2) is 56.1 Å². The van der Waals surface area contributed by atoms with Crippen LogP contribution in [0.5, 0.6) is 0 Å². The minimum atomic E-state index is -0.217. The zero-order valence-electron chi connectivity index (χ0n) is 18.4. The summed E-state index contributed by atoms with van der Waals surface area (Å²) in [5, 5.41) is 4.20. The van der Waals surface area contributed by atoms with E-state index in [1.807, 2.05) is 23.2 Å². The summed E-state index contributed by atoms with van der Waals surface area (Å²) in [7, 11) is 1.58. The zero-order chi connectivity index (χ0) is 21.6. The lowest BCUT2D eigenvalue weighted by Gasteiger charge is -2.41. The number of hydrogen-bond acceptors (Lipinski definition) is 5. The Kier molecular flexibility index (Phi) is 7.12. The quantitative estimate of drug-likeness (QED) is 0.715. The number of hydrogen-bond donors (Lipinski definition) is 0. The van der Waals surface area contributed by atoms with E-state index in [2.05, 4.69) is 15.0 Å². The number of nitrogens with zero attached hydrogens (tertiary/aromatic N) is 5. The molecule has 1 aliphatic carbocycles. The fraction of sp³-hybridized carbons (Fsp3) is 0.583. The maximum absolute atomic E-state index is 13.4. The van der Waals surface area contributed by atoms with E-state index < -0.39 is 0 Å². The van der Waals surface area contributed by atoms with Crippen LogP contribution in [0.3, 0.4) is 0 Å². The maximum Gasteiger partial charge on any atom is 0.274 e. The lowest BCUT2D eigenvalue weighted by molar-refractivity contribution is 0.0577. The topological polar surface area (TPSA) is 71.3 Å². The maximum atomic E-state index is 13.4. The second-order valence-electron chi connectivity index (χ2n) is 9.02. The summed E-state index contributed by atoms with van der Waals surface area (Å²) < 4.78 is 1.22. The molecule has 0 radical (unpaired) electrons. The van der Waals surface area contributed by atoms with Gasteiger partial charge in [0.2, 0.25) is 0 Å². The van der Waals surface area contributed by atoms with Crippen molar-refractivity contribution in [2.24, 2.45) is 13.0 Å². The molecular formula is C24H33N5O2. The largest absolute Gasteiger partial charge is 0.333 e. The molecule has 2 aromatic rings. The van der Waals surface area contributed by atoms with Gasteiger partial charge in [0.1, 0.15) is 5.69 Å². The van der Waals surface area contributed by atoms with Crippen LogP contribution in [0.25, 0.3) is 0 Å². The minimum Gasteiger partial charge on any atom is -0.333 e. The fourth-order valence-corrected chi connectivity index (χ4v) is 5.05. The number of amides is 1. The molecule has 166 valence electrons. The first-order chi connectivity index (χ1) is 15.1. The van der Waals surface area contributed by atoms with Crippen LogP contribution in [-0.2, 0) is 13.6 Å². The van der Waals surface area contributed by atoms with Crippen molar-refractivity contribution in [3.05, 3.63) is 58.3 Å². The van der Waals surface area contributed by atoms with Gasteiger partial charge in [0.25, 0.3) is 11.5 Å². The Hall–Kier alpha value is -2.54. The van der Waals surface area contributed by atoms with Gasteiger partial charge in [-0.1, -0.05) is 25.3 Å². The van der Waals surface area contributed by atoms with Gasteiger partial charge in [-0.05, 0) is 55.8 Å². The van der Waals surface area contributed by atoms with Crippen LogP contribution in [0.4, 0.5) is 0 Å². The number of carbonyl (C=O) groups excluding carboxylic acids is 1. The van der Waals surface area contributed by atoms with Crippen LogP contribution in [0.2, 0.25) is 0 Å². The van der Waals surface area contributed by atoms with Crippen molar-refractivity contribution in [3.63, 3.8) is 0 Å². The van der Waals surface area contributed by atoms with E-state index in [0.29, 0.717) is 30.7 Å². The molecular weight excluding hydrogens is 390 g/mol. The first-order valence-electron chi connectivity index (χ1n) is 11.6. The third-order valence-corrected chi connectivity index (χ3v) is 6.68. The highest BCUT2D eigenvalue weighted by Gasteiger charge is 2.29. The highest BCUT2D eigenvalue weighted by molar-refractivity contribution is 5.92. The summed E-state index contributed by atoms with van der Waals surface area (Å²) in [6.45, 7) is 3.43. The van der Waals surface area contributed by atoms with Crippen LogP contribution in [0.15, 0.2) is 41.5 Å². The first kappa shape index (κ1) is 21.7. The van der Waals surface area contributed by atoms with Gasteiger partial charge in [0.15, 0.2) is 0 Å². The fourth-order valence-electron chi connectivity index (χ4n) is 5.05. The van der Waals surface area contributed by atoms with Gasteiger partial charge in [-0.2, -0.15) is 5.10 Å². The Morgan fingerprint density at radius 3 is 2.71 bits per heavy atom. The smallest absolute Gasteiger partial charge is 0.274 e.